The van der Waals surface area contributed by atoms with Crippen molar-refractivity contribution < 1.29 is 14.7 Å². The fraction of sp³-hybridized carbons (Fsp3) is 0.556. The average molecular weight is 183 g/mol. The van der Waals surface area contributed by atoms with E-state index in [2.05, 4.69) is 11.9 Å². The Morgan fingerprint density at radius 2 is 2.15 bits per heavy atom. The molecule has 1 aliphatic rings. The zero-order chi connectivity index (χ0) is 9.84. The largest absolute Gasteiger partial charge is 0.481 e. The Balaban J connectivity index is 2.53. The molecule has 4 nitrogen and oxygen atoms in total. The summed E-state index contributed by atoms with van der Waals surface area (Å²) in [6, 6.07) is -0.219. The van der Waals surface area contributed by atoms with Crippen molar-refractivity contribution in [3.8, 4) is 0 Å². The molecule has 13 heavy (non-hydrogen) atoms. The first kappa shape index (κ1) is 9.77. The van der Waals surface area contributed by atoms with Gasteiger partial charge in [0.25, 0.3) is 0 Å². The van der Waals surface area contributed by atoms with Gasteiger partial charge in [0, 0.05) is 6.04 Å². The first-order chi connectivity index (χ1) is 6.15. The van der Waals surface area contributed by atoms with Crippen molar-refractivity contribution in [3.05, 3.63) is 12.7 Å². The van der Waals surface area contributed by atoms with Crippen LogP contribution in [-0.4, -0.2) is 23.0 Å². The minimum atomic E-state index is -0.827. The molecule has 2 atom stereocenters. The van der Waals surface area contributed by atoms with E-state index in [1.807, 2.05) is 0 Å². The molecule has 4 heteroatoms. The van der Waals surface area contributed by atoms with Crippen LogP contribution in [0.1, 0.15) is 19.3 Å². The standard InChI is InChI=1S/C9H13NO3/c1-2-8(11)10-7-5-3-4-6(7)9(12)13/h2,6-7H,1,3-5H2,(H,10,11)(H,12,13). The van der Waals surface area contributed by atoms with E-state index in [1.54, 1.807) is 0 Å². The maximum atomic E-state index is 10.9. The summed E-state index contributed by atoms with van der Waals surface area (Å²) in [7, 11) is 0. The Morgan fingerprint density at radius 3 is 2.69 bits per heavy atom. The number of aliphatic carboxylic acids is 1. The molecular weight excluding hydrogens is 170 g/mol. The lowest BCUT2D eigenvalue weighted by Crippen LogP contribution is -2.39. The molecule has 0 bridgehead atoms. The van der Waals surface area contributed by atoms with Crippen molar-refractivity contribution in [2.24, 2.45) is 5.92 Å². The average Bonchev–Trinajstić information content (AvgIpc) is 2.52. The molecule has 1 amide bonds. The summed E-state index contributed by atoms with van der Waals surface area (Å²) in [6.07, 6.45) is 3.42. The Hall–Kier alpha value is -1.32. The molecule has 0 radical (unpaired) electrons. The number of carboxylic acid groups (broad SMARTS) is 1. The van der Waals surface area contributed by atoms with E-state index < -0.39 is 11.9 Å². The van der Waals surface area contributed by atoms with Crippen molar-refractivity contribution in [1.29, 1.82) is 0 Å². The van der Waals surface area contributed by atoms with Crippen molar-refractivity contribution in [3.63, 3.8) is 0 Å². The summed E-state index contributed by atoms with van der Waals surface area (Å²) in [6.45, 7) is 3.31. The maximum Gasteiger partial charge on any atom is 0.308 e. The molecule has 0 aromatic carbocycles. The van der Waals surface area contributed by atoms with Crippen molar-refractivity contribution in [2.75, 3.05) is 0 Å². The predicted molar refractivity (Wildman–Crippen MR) is 47.1 cm³/mol. The molecule has 2 N–H and O–H groups in total. The topological polar surface area (TPSA) is 66.4 Å². The fourth-order valence-electron chi connectivity index (χ4n) is 1.67. The third-order valence-corrected chi connectivity index (χ3v) is 2.35. The van der Waals surface area contributed by atoms with E-state index in [4.69, 9.17) is 5.11 Å². The highest BCUT2D eigenvalue weighted by molar-refractivity contribution is 5.87. The quantitative estimate of drug-likeness (QED) is 0.627. The first-order valence-electron chi connectivity index (χ1n) is 4.31. The summed E-state index contributed by atoms with van der Waals surface area (Å²) >= 11 is 0. The molecule has 0 aliphatic heterocycles. The number of carbonyl (C=O) groups is 2. The van der Waals surface area contributed by atoms with E-state index in [1.165, 1.54) is 0 Å². The van der Waals surface area contributed by atoms with Gasteiger partial charge in [0.15, 0.2) is 0 Å². The predicted octanol–water partition coefficient (Wildman–Crippen LogP) is 0.542. The lowest BCUT2D eigenvalue weighted by molar-refractivity contribution is -0.142. The summed E-state index contributed by atoms with van der Waals surface area (Å²) < 4.78 is 0. The van der Waals surface area contributed by atoms with Gasteiger partial charge in [-0.25, -0.2) is 0 Å². The van der Waals surface area contributed by atoms with Gasteiger partial charge in [-0.05, 0) is 18.9 Å². The number of hydrogen-bond donors (Lipinski definition) is 2. The maximum absolute atomic E-state index is 10.9. The molecule has 0 saturated heterocycles. The summed E-state index contributed by atoms with van der Waals surface area (Å²) in [5.41, 5.74) is 0. The Bertz CT molecular complexity index is 237. The van der Waals surface area contributed by atoms with E-state index in [0.29, 0.717) is 6.42 Å². The van der Waals surface area contributed by atoms with E-state index in [0.717, 1.165) is 18.9 Å². The van der Waals surface area contributed by atoms with E-state index in [9.17, 15) is 9.59 Å². The second-order valence-corrected chi connectivity index (χ2v) is 3.19. The molecule has 0 aromatic heterocycles. The molecule has 0 spiro atoms. The Kier molecular flexibility index (Phi) is 3.06. The highest BCUT2D eigenvalue weighted by atomic mass is 16.4. The minimum absolute atomic E-state index is 0.219. The van der Waals surface area contributed by atoms with Gasteiger partial charge in [-0.15, -0.1) is 0 Å². The first-order valence-corrected chi connectivity index (χ1v) is 4.31. The molecule has 1 aliphatic carbocycles. The van der Waals surface area contributed by atoms with Gasteiger partial charge >= 0.3 is 5.97 Å². The van der Waals surface area contributed by atoms with Crippen molar-refractivity contribution in [2.45, 2.75) is 25.3 Å². The number of carbonyl (C=O) groups excluding carboxylic acids is 1. The third kappa shape index (κ3) is 2.31. The molecule has 1 fully saturated rings. The Morgan fingerprint density at radius 1 is 1.46 bits per heavy atom. The number of rotatable bonds is 3. The normalized spacial score (nSPS) is 26.8. The van der Waals surface area contributed by atoms with E-state index in [-0.39, 0.29) is 11.9 Å². The number of nitrogens with one attached hydrogen (secondary N) is 1. The zero-order valence-electron chi connectivity index (χ0n) is 7.32. The van der Waals surface area contributed by atoms with Gasteiger partial charge in [0.05, 0.1) is 5.92 Å². The van der Waals surface area contributed by atoms with Crippen LogP contribution in [-0.2, 0) is 9.59 Å². The second-order valence-electron chi connectivity index (χ2n) is 3.19. The zero-order valence-corrected chi connectivity index (χ0v) is 7.32. The van der Waals surface area contributed by atoms with Crippen LogP contribution in [0.2, 0.25) is 0 Å². The lowest BCUT2D eigenvalue weighted by atomic mass is 10.0. The fourth-order valence-corrected chi connectivity index (χ4v) is 1.67. The van der Waals surface area contributed by atoms with Crippen LogP contribution in [0.25, 0.3) is 0 Å². The van der Waals surface area contributed by atoms with Gasteiger partial charge in [-0.2, -0.15) is 0 Å². The van der Waals surface area contributed by atoms with Gasteiger partial charge in [-0.3, -0.25) is 9.59 Å². The summed E-state index contributed by atoms with van der Waals surface area (Å²) in [5.74, 6) is -1.55. The van der Waals surface area contributed by atoms with Crippen LogP contribution >= 0.6 is 0 Å². The van der Waals surface area contributed by atoms with Crippen LogP contribution in [0.15, 0.2) is 12.7 Å². The smallest absolute Gasteiger partial charge is 0.308 e. The van der Waals surface area contributed by atoms with Crippen LogP contribution in [0.3, 0.4) is 0 Å². The highest BCUT2D eigenvalue weighted by Crippen LogP contribution is 2.25. The number of hydrogen-bond acceptors (Lipinski definition) is 2. The molecule has 0 heterocycles. The van der Waals surface area contributed by atoms with Crippen molar-refractivity contribution in [1.82, 2.24) is 5.32 Å². The highest BCUT2D eigenvalue weighted by Gasteiger charge is 2.33. The molecule has 72 valence electrons. The molecule has 2 unspecified atom stereocenters. The van der Waals surface area contributed by atoms with Gasteiger partial charge in [-0.1, -0.05) is 13.0 Å². The molecular formula is C9H13NO3. The van der Waals surface area contributed by atoms with Crippen LogP contribution in [0.4, 0.5) is 0 Å². The monoisotopic (exact) mass is 183 g/mol. The SMILES string of the molecule is C=CC(=O)NC1CCCC1C(=O)O. The molecule has 1 rings (SSSR count). The van der Waals surface area contributed by atoms with Crippen LogP contribution in [0.5, 0.6) is 0 Å². The van der Waals surface area contributed by atoms with Gasteiger partial charge in [0.2, 0.25) is 5.91 Å². The van der Waals surface area contributed by atoms with Crippen LogP contribution < -0.4 is 5.32 Å². The van der Waals surface area contributed by atoms with Crippen LogP contribution in [0, 0.1) is 5.92 Å². The Labute approximate surface area is 76.6 Å². The molecule has 0 aromatic rings. The molecule has 1 saturated carbocycles. The van der Waals surface area contributed by atoms with Gasteiger partial charge in [0.1, 0.15) is 0 Å². The third-order valence-electron chi connectivity index (χ3n) is 2.35. The number of amides is 1. The minimum Gasteiger partial charge on any atom is -0.481 e. The summed E-state index contributed by atoms with van der Waals surface area (Å²) in [5, 5.41) is 11.4. The van der Waals surface area contributed by atoms with Crippen molar-refractivity contribution >= 4 is 11.9 Å². The van der Waals surface area contributed by atoms with Gasteiger partial charge < -0.3 is 10.4 Å². The number of carboxylic acids is 1. The second kappa shape index (κ2) is 4.07. The van der Waals surface area contributed by atoms with E-state index >= 15 is 0 Å². The lowest BCUT2D eigenvalue weighted by Gasteiger charge is -2.15. The summed E-state index contributed by atoms with van der Waals surface area (Å²) in [4.78, 5) is 21.6.